The number of aromatic amines is 1. The van der Waals surface area contributed by atoms with E-state index in [0.717, 1.165) is 31.4 Å². The molecule has 3 fully saturated rings. The smallest absolute Gasteiger partial charge is 0.257 e. The highest BCUT2D eigenvalue weighted by molar-refractivity contribution is 6.00. The average molecular weight is 441 g/mol. The Labute approximate surface area is 186 Å². The molecule has 1 saturated carbocycles. The Bertz CT molecular complexity index is 979. The van der Waals surface area contributed by atoms with Crippen molar-refractivity contribution in [2.24, 2.45) is 11.3 Å². The molecule has 8 heteroatoms. The van der Waals surface area contributed by atoms with Crippen LogP contribution in [-0.2, 0) is 9.53 Å². The van der Waals surface area contributed by atoms with Gasteiger partial charge in [0.25, 0.3) is 5.91 Å². The summed E-state index contributed by atoms with van der Waals surface area (Å²) in [6.07, 6.45) is 6.32. The van der Waals surface area contributed by atoms with Crippen LogP contribution in [0.3, 0.4) is 0 Å². The summed E-state index contributed by atoms with van der Waals surface area (Å²) in [7, 11) is 0. The Kier molecular flexibility index (Phi) is 5.71. The van der Waals surface area contributed by atoms with E-state index in [4.69, 9.17) is 4.74 Å². The van der Waals surface area contributed by atoms with Crippen LogP contribution in [0.4, 0.5) is 4.39 Å². The first kappa shape index (κ1) is 21.1. The minimum absolute atomic E-state index is 0.0497. The second-order valence-corrected chi connectivity index (χ2v) is 9.30. The first-order valence-electron chi connectivity index (χ1n) is 11.5. The Morgan fingerprint density at radius 3 is 2.59 bits per heavy atom. The lowest BCUT2D eigenvalue weighted by Gasteiger charge is -2.43. The van der Waals surface area contributed by atoms with E-state index in [0.29, 0.717) is 56.4 Å². The first-order chi connectivity index (χ1) is 15.6. The molecule has 2 aliphatic heterocycles. The normalized spacial score (nSPS) is 22.2. The summed E-state index contributed by atoms with van der Waals surface area (Å²) in [6, 6.07) is 6.06. The Morgan fingerprint density at radius 2 is 1.91 bits per heavy atom. The first-order valence-corrected chi connectivity index (χ1v) is 11.5. The van der Waals surface area contributed by atoms with Gasteiger partial charge in [0.2, 0.25) is 5.91 Å². The van der Waals surface area contributed by atoms with Gasteiger partial charge in [0.15, 0.2) is 0 Å². The highest BCUT2D eigenvalue weighted by Gasteiger charge is 2.51. The van der Waals surface area contributed by atoms with Crippen LogP contribution in [-0.4, -0.2) is 71.2 Å². The maximum Gasteiger partial charge on any atom is 0.257 e. The summed E-state index contributed by atoms with van der Waals surface area (Å²) in [5, 5.41) is 6.99. The van der Waals surface area contributed by atoms with Gasteiger partial charge >= 0.3 is 0 Å². The zero-order chi connectivity index (χ0) is 22.1. The molecular weight excluding hydrogens is 411 g/mol. The molecule has 1 N–H and O–H groups in total. The van der Waals surface area contributed by atoms with Crippen LogP contribution in [0.25, 0.3) is 11.3 Å². The lowest BCUT2D eigenvalue weighted by atomic mass is 9.62. The molecule has 32 heavy (non-hydrogen) atoms. The van der Waals surface area contributed by atoms with Gasteiger partial charge in [0.05, 0.1) is 30.7 Å². The van der Waals surface area contributed by atoms with E-state index in [-0.39, 0.29) is 23.0 Å². The zero-order valence-electron chi connectivity index (χ0n) is 18.2. The molecule has 0 bridgehead atoms. The molecule has 2 saturated heterocycles. The van der Waals surface area contributed by atoms with E-state index in [1.54, 1.807) is 18.3 Å². The van der Waals surface area contributed by atoms with Crippen molar-refractivity contribution >= 4 is 11.8 Å². The van der Waals surface area contributed by atoms with Crippen molar-refractivity contribution in [2.45, 2.75) is 32.1 Å². The zero-order valence-corrected chi connectivity index (χ0v) is 18.2. The third-order valence-corrected chi connectivity index (χ3v) is 7.52. The highest BCUT2D eigenvalue weighted by atomic mass is 19.1. The van der Waals surface area contributed by atoms with E-state index in [1.807, 2.05) is 9.80 Å². The molecule has 1 aliphatic carbocycles. The number of carbonyl (C=O) groups excluding carboxylic acids is 2. The molecule has 5 rings (SSSR count). The lowest BCUT2D eigenvalue weighted by molar-refractivity contribution is -0.135. The second-order valence-electron chi connectivity index (χ2n) is 9.30. The van der Waals surface area contributed by atoms with Crippen LogP contribution in [0.15, 0.2) is 30.5 Å². The number of likely N-dealkylation sites (tertiary alicyclic amines) is 1. The van der Waals surface area contributed by atoms with Crippen LogP contribution in [0, 0.1) is 17.2 Å². The number of amides is 2. The Morgan fingerprint density at radius 1 is 1.16 bits per heavy atom. The third-order valence-electron chi connectivity index (χ3n) is 7.52. The maximum atomic E-state index is 13.4. The molecule has 0 radical (unpaired) electrons. The Balaban J connectivity index is 1.27. The summed E-state index contributed by atoms with van der Waals surface area (Å²) in [5.41, 5.74) is 2.00. The van der Waals surface area contributed by atoms with Gasteiger partial charge in [-0.3, -0.25) is 14.7 Å². The second kappa shape index (κ2) is 8.65. The number of benzene rings is 1. The number of hydrogen-bond donors (Lipinski definition) is 1. The van der Waals surface area contributed by atoms with Gasteiger partial charge in [-0.1, -0.05) is 6.42 Å². The van der Waals surface area contributed by atoms with Gasteiger partial charge in [0, 0.05) is 38.2 Å². The molecular formula is C24H29FN4O3. The SMILES string of the molecule is O=C(CCC1CN(C(=O)c2cn[nH]c2-c2ccc(F)cc2)CC12CCC2)N1CCOCC1. The summed E-state index contributed by atoms with van der Waals surface area (Å²) >= 11 is 0. The van der Waals surface area contributed by atoms with Crippen molar-refractivity contribution in [3.05, 3.63) is 41.8 Å². The standard InChI is InChI=1S/C24H29FN4O3/c25-19-5-2-17(3-6-19)22-20(14-26-27-22)23(31)29-15-18(24(16-29)8-1-9-24)4-7-21(30)28-10-12-32-13-11-28/h2-3,5-6,14,18H,1,4,7-13,15-16H2,(H,26,27). The fraction of sp³-hybridized carbons (Fsp3) is 0.542. The average Bonchev–Trinajstić information content (AvgIpc) is 3.43. The van der Waals surface area contributed by atoms with Crippen LogP contribution in [0.5, 0.6) is 0 Å². The largest absolute Gasteiger partial charge is 0.378 e. The summed E-state index contributed by atoms with van der Waals surface area (Å²) < 4.78 is 18.7. The van der Waals surface area contributed by atoms with Crippen molar-refractivity contribution in [3.63, 3.8) is 0 Å². The number of hydrogen-bond acceptors (Lipinski definition) is 4. The number of morpholine rings is 1. The number of ether oxygens (including phenoxy) is 1. The topological polar surface area (TPSA) is 78.5 Å². The van der Waals surface area contributed by atoms with Crippen molar-refractivity contribution in [2.75, 3.05) is 39.4 Å². The van der Waals surface area contributed by atoms with E-state index < -0.39 is 0 Å². The van der Waals surface area contributed by atoms with Crippen molar-refractivity contribution in [1.82, 2.24) is 20.0 Å². The number of nitrogens with one attached hydrogen (secondary N) is 1. The van der Waals surface area contributed by atoms with Crippen LogP contribution < -0.4 is 0 Å². The minimum atomic E-state index is -0.318. The maximum absolute atomic E-state index is 13.4. The van der Waals surface area contributed by atoms with Gasteiger partial charge in [-0.25, -0.2) is 4.39 Å². The minimum Gasteiger partial charge on any atom is -0.378 e. The van der Waals surface area contributed by atoms with Gasteiger partial charge in [0.1, 0.15) is 5.82 Å². The van der Waals surface area contributed by atoms with Gasteiger partial charge in [-0.15, -0.1) is 0 Å². The predicted molar refractivity (Wildman–Crippen MR) is 116 cm³/mol. The van der Waals surface area contributed by atoms with Crippen LogP contribution >= 0.6 is 0 Å². The van der Waals surface area contributed by atoms with E-state index in [9.17, 15) is 14.0 Å². The molecule has 1 aromatic heterocycles. The third kappa shape index (κ3) is 3.92. The van der Waals surface area contributed by atoms with Gasteiger partial charge < -0.3 is 14.5 Å². The van der Waals surface area contributed by atoms with E-state index in [1.165, 1.54) is 18.6 Å². The van der Waals surface area contributed by atoms with Crippen molar-refractivity contribution in [3.8, 4) is 11.3 Å². The summed E-state index contributed by atoms with van der Waals surface area (Å²) in [6.45, 7) is 3.97. The van der Waals surface area contributed by atoms with Gasteiger partial charge in [-0.05, 0) is 54.9 Å². The number of nitrogens with zero attached hydrogens (tertiary/aromatic N) is 3. The summed E-state index contributed by atoms with van der Waals surface area (Å²) in [4.78, 5) is 29.9. The van der Waals surface area contributed by atoms with Crippen LogP contribution in [0.2, 0.25) is 0 Å². The number of rotatable bonds is 5. The fourth-order valence-corrected chi connectivity index (χ4v) is 5.51. The van der Waals surface area contributed by atoms with Crippen molar-refractivity contribution < 1.29 is 18.7 Å². The number of halogens is 1. The molecule has 1 spiro atoms. The van der Waals surface area contributed by atoms with E-state index >= 15 is 0 Å². The van der Waals surface area contributed by atoms with Crippen LogP contribution in [0.1, 0.15) is 42.5 Å². The van der Waals surface area contributed by atoms with Crippen molar-refractivity contribution in [1.29, 1.82) is 0 Å². The molecule has 170 valence electrons. The molecule has 2 amide bonds. The Hall–Kier alpha value is -2.74. The quantitative estimate of drug-likeness (QED) is 0.775. The molecule has 1 aromatic carbocycles. The highest BCUT2D eigenvalue weighted by Crippen LogP contribution is 2.53. The molecule has 7 nitrogen and oxygen atoms in total. The van der Waals surface area contributed by atoms with Gasteiger partial charge in [-0.2, -0.15) is 5.10 Å². The monoisotopic (exact) mass is 440 g/mol. The number of carbonyl (C=O) groups is 2. The molecule has 1 unspecified atom stereocenters. The number of aromatic nitrogens is 2. The molecule has 3 heterocycles. The number of H-pyrrole nitrogens is 1. The lowest BCUT2D eigenvalue weighted by Crippen LogP contribution is -2.42. The molecule has 2 aromatic rings. The molecule has 3 aliphatic rings. The van der Waals surface area contributed by atoms with E-state index in [2.05, 4.69) is 10.2 Å². The summed E-state index contributed by atoms with van der Waals surface area (Å²) in [5.74, 6) is 0.167. The predicted octanol–water partition coefficient (Wildman–Crippen LogP) is 3.10. The molecule has 1 atom stereocenters. The fourth-order valence-electron chi connectivity index (χ4n) is 5.51.